The van der Waals surface area contributed by atoms with Gasteiger partial charge in [0, 0.05) is 19.8 Å². The summed E-state index contributed by atoms with van der Waals surface area (Å²) in [5.74, 6) is 0. The second-order valence-electron chi connectivity index (χ2n) is 18.1. The van der Waals surface area contributed by atoms with Gasteiger partial charge in [-0.25, -0.2) is 4.90 Å². The molecule has 9 atom stereocenters. The molecule has 0 aromatic carbocycles. The summed E-state index contributed by atoms with van der Waals surface area (Å²) in [6.07, 6.45) is 37.9. The van der Waals surface area contributed by atoms with Gasteiger partial charge in [0.1, 0.15) is 36.9 Å². The van der Waals surface area contributed by atoms with Gasteiger partial charge in [-0.2, -0.15) is 9.88 Å². The molecule has 0 spiro atoms. The summed E-state index contributed by atoms with van der Waals surface area (Å²) in [5.41, 5.74) is 0. The lowest BCUT2D eigenvalue weighted by molar-refractivity contribution is -0.352. The van der Waals surface area contributed by atoms with E-state index in [0.717, 1.165) is 77.0 Å². The first-order valence-corrected chi connectivity index (χ1v) is 26.0. The normalized spacial score (nSPS) is 24.8. The van der Waals surface area contributed by atoms with Crippen LogP contribution in [0.25, 0.3) is 0 Å². The topological polar surface area (TPSA) is 140 Å². The molecule has 380 valence electrons. The van der Waals surface area contributed by atoms with Crippen molar-refractivity contribution >= 4 is 0 Å². The van der Waals surface area contributed by atoms with Crippen LogP contribution < -0.4 is 0 Å². The van der Waals surface area contributed by atoms with Gasteiger partial charge in [-0.3, -0.25) is 0 Å². The molecule has 2 aliphatic rings. The largest absolute Gasteiger partial charge is 0.388 e. The molecule has 9 unspecified atom stereocenters. The van der Waals surface area contributed by atoms with Gasteiger partial charge < -0.3 is 39.4 Å². The monoisotopic (exact) mass is 930 g/mol. The number of aliphatic hydroxyl groups is 4. The number of hydrogen-bond acceptors (Lipinski definition) is 11. The molecule has 2 saturated heterocycles. The maximum absolute atomic E-state index is 13.4. The van der Waals surface area contributed by atoms with E-state index >= 15 is 0 Å². The summed E-state index contributed by atoms with van der Waals surface area (Å²) < 4.78 is 50.3. The Hall–Kier alpha value is -1.62. The molecule has 0 aromatic rings. The number of nitrogens with zero attached hydrogens (tertiary/aromatic N) is 1. The minimum atomic E-state index is -1.70. The van der Waals surface area contributed by atoms with Crippen molar-refractivity contribution in [2.24, 2.45) is 0 Å². The number of ether oxygens (including phenoxy) is 4. The number of hydrogen-bond donors (Lipinski definition) is 4. The van der Waals surface area contributed by atoms with Crippen LogP contribution >= 0.6 is 0 Å². The Balaban J connectivity index is 1.74. The molecule has 2 heterocycles. The first-order valence-electron chi connectivity index (χ1n) is 26.0. The number of halogens is 2. The van der Waals surface area contributed by atoms with Crippen molar-refractivity contribution in [2.75, 3.05) is 33.0 Å². The molecule has 2 aliphatic heterocycles. The summed E-state index contributed by atoms with van der Waals surface area (Å²) >= 11 is 0. The molecule has 65 heavy (non-hydrogen) atoms. The molecular formula is C52H93F2NO10. The number of unbranched alkanes of at least 4 members (excludes halogenated alkanes) is 20. The molecule has 2 fully saturated rings. The van der Waals surface area contributed by atoms with E-state index in [9.17, 15) is 29.5 Å². The van der Waals surface area contributed by atoms with Gasteiger partial charge in [0.05, 0.1) is 13.2 Å². The first-order chi connectivity index (χ1) is 31.9. The van der Waals surface area contributed by atoms with Crippen molar-refractivity contribution < 1.29 is 58.3 Å². The van der Waals surface area contributed by atoms with Gasteiger partial charge in [-0.1, -0.05) is 146 Å². The zero-order valence-electron chi connectivity index (χ0n) is 40.6. The highest BCUT2D eigenvalue weighted by molar-refractivity contribution is 4.95. The van der Waals surface area contributed by atoms with Crippen LogP contribution in [0.1, 0.15) is 194 Å². The Morgan fingerprint density at radius 2 is 0.954 bits per heavy atom. The third kappa shape index (κ3) is 27.8. The Labute approximate surface area is 392 Å². The van der Waals surface area contributed by atoms with E-state index in [4.69, 9.17) is 18.9 Å². The Morgan fingerprint density at radius 1 is 0.508 bits per heavy atom. The predicted molar refractivity (Wildman–Crippen MR) is 255 cm³/mol. The molecule has 0 amide bonds. The van der Waals surface area contributed by atoms with E-state index in [1.54, 1.807) is 0 Å². The van der Waals surface area contributed by atoms with E-state index in [-0.39, 0.29) is 19.4 Å². The fourth-order valence-corrected chi connectivity index (χ4v) is 8.34. The Bertz CT molecular complexity index is 1200. The highest BCUT2D eigenvalue weighted by Crippen LogP contribution is 2.29. The van der Waals surface area contributed by atoms with Crippen molar-refractivity contribution in [2.45, 2.75) is 249 Å². The smallest absolute Gasteiger partial charge is 0.160 e. The zero-order chi connectivity index (χ0) is 47.0. The molecule has 0 bridgehead atoms. The van der Waals surface area contributed by atoms with Crippen LogP contribution in [0.3, 0.4) is 0 Å². The number of allylic oxidation sites excluding steroid dienone is 8. The van der Waals surface area contributed by atoms with Crippen molar-refractivity contribution in [1.29, 1.82) is 0 Å². The highest BCUT2D eigenvalue weighted by atomic mass is 19.3. The van der Waals surface area contributed by atoms with Crippen LogP contribution in [-0.2, 0) is 28.8 Å². The first kappa shape index (κ1) is 59.5. The number of aliphatic hydroxyl groups excluding tert-OH is 4. The van der Waals surface area contributed by atoms with E-state index < -0.39 is 55.7 Å². The third-order valence-electron chi connectivity index (χ3n) is 12.4. The summed E-state index contributed by atoms with van der Waals surface area (Å²) in [7, 11) is 0. The molecule has 11 nitrogen and oxygen atoms in total. The van der Waals surface area contributed by atoms with Crippen LogP contribution in [0.4, 0.5) is 9.05 Å². The maximum atomic E-state index is 13.4. The third-order valence-corrected chi connectivity index (χ3v) is 12.4. The van der Waals surface area contributed by atoms with E-state index in [0.29, 0.717) is 19.6 Å². The Morgan fingerprint density at radius 3 is 1.46 bits per heavy atom. The lowest BCUT2D eigenvalue weighted by Crippen LogP contribution is -2.66. The second kappa shape index (κ2) is 41.4. The lowest BCUT2D eigenvalue weighted by Gasteiger charge is -2.47. The minimum Gasteiger partial charge on any atom is -0.388 e. The fourth-order valence-electron chi connectivity index (χ4n) is 8.34. The molecule has 0 saturated carbocycles. The van der Waals surface area contributed by atoms with Gasteiger partial charge in [0.2, 0.25) is 0 Å². The SMILES string of the molecule is CCCCC/C=C\C/C=C\CCCCCCCCOC(CCCCCCC/C=C\C/C=C\CCCCC)OCCCCCCN(C1OCC(O)C(O)C1O)C1OCC(OF)C(OF)C1O. The van der Waals surface area contributed by atoms with Crippen LogP contribution in [-0.4, -0.2) is 114 Å². The van der Waals surface area contributed by atoms with Crippen LogP contribution in [0.5, 0.6) is 0 Å². The van der Waals surface area contributed by atoms with Crippen LogP contribution in [0.2, 0.25) is 0 Å². The lowest BCUT2D eigenvalue weighted by atomic mass is 9.99. The molecular weight excluding hydrogens is 837 g/mol. The Kier molecular flexibility index (Phi) is 37.9. The van der Waals surface area contributed by atoms with Gasteiger partial charge in [-0.15, -0.1) is 0 Å². The van der Waals surface area contributed by atoms with Crippen molar-refractivity contribution in [3.8, 4) is 0 Å². The van der Waals surface area contributed by atoms with Crippen molar-refractivity contribution in [3.63, 3.8) is 0 Å². The van der Waals surface area contributed by atoms with Gasteiger partial charge in [0.25, 0.3) is 0 Å². The average Bonchev–Trinajstić information content (AvgIpc) is 3.31. The summed E-state index contributed by atoms with van der Waals surface area (Å²) in [6.45, 7) is 5.25. The second-order valence-corrected chi connectivity index (χ2v) is 18.1. The summed E-state index contributed by atoms with van der Waals surface area (Å²) in [5, 5.41) is 42.0. The predicted octanol–water partition coefficient (Wildman–Crippen LogP) is 11.5. The molecule has 0 aliphatic carbocycles. The molecule has 0 aromatic heterocycles. The maximum Gasteiger partial charge on any atom is 0.160 e. The van der Waals surface area contributed by atoms with Gasteiger partial charge >= 0.3 is 0 Å². The van der Waals surface area contributed by atoms with Crippen molar-refractivity contribution in [3.05, 3.63) is 48.6 Å². The number of rotatable bonds is 42. The summed E-state index contributed by atoms with van der Waals surface area (Å²) in [4.78, 5) is 9.03. The fraction of sp³-hybridized carbons (Fsp3) is 0.846. The van der Waals surface area contributed by atoms with Gasteiger partial charge in [0.15, 0.2) is 18.5 Å². The standard InChI is InChI=1S/C52H93F2NO10/c1-3-5-7-9-11-13-15-17-19-21-23-25-27-29-32-36-40-60-46(38-34-30-28-26-24-22-20-18-16-14-12-10-8-6-4-2)61-41-37-33-31-35-39-55(51-48(58)47(57)44(56)42-62-51)52-49(59)50(65-54)45(64-53)43-63-52/h11-14,17-20,44-52,56-59H,3-10,15-16,21-43H2,1-2H3/b13-11-,14-12-,19-17-,20-18-. The highest BCUT2D eigenvalue weighted by Gasteiger charge is 2.50. The van der Waals surface area contributed by atoms with Gasteiger partial charge in [-0.05, 0) is 105 Å². The van der Waals surface area contributed by atoms with E-state index in [1.165, 1.54) is 101 Å². The molecule has 2 rings (SSSR count). The van der Waals surface area contributed by atoms with Crippen molar-refractivity contribution in [1.82, 2.24) is 4.90 Å². The summed E-state index contributed by atoms with van der Waals surface area (Å²) in [6, 6.07) is 0. The molecule has 4 N–H and O–H groups in total. The average molecular weight is 930 g/mol. The van der Waals surface area contributed by atoms with E-state index in [2.05, 4.69) is 72.3 Å². The van der Waals surface area contributed by atoms with Crippen LogP contribution in [0, 0.1) is 0 Å². The minimum absolute atomic E-state index is 0.222. The van der Waals surface area contributed by atoms with Crippen LogP contribution in [0.15, 0.2) is 48.6 Å². The quantitative estimate of drug-likeness (QED) is 0.0264. The zero-order valence-corrected chi connectivity index (χ0v) is 40.6. The van der Waals surface area contributed by atoms with E-state index in [1.807, 2.05) is 0 Å². The molecule has 13 heteroatoms. The molecule has 0 radical (unpaired) electrons.